The monoisotopic (exact) mass is 1370 g/mol. The second-order valence-corrected chi connectivity index (χ2v) is 30.8. The molecule has 2 aliphatic heterocycles. The molecule has 4 aromatic carbocycles. The topological polar surface area (TPSA) is 444 Å². The molecule has 2 aliphatic rings. The van der Waals surface area contributed by atoms with Crippen LogP contribution in [0.1, 0.15) is 94.5 Å². The smallest absolute Gasteiger partial charge is 0.306 e. The summed E-state index contributed by atoms with van der Waals surface area (Å²) in [5, 5.41) is 12.2. The zero-order valence-electron chi connectivity index (χ0n) is 49.4. The van der Waals surface area contributed by atoms with Gasteiger partial charge in [-0.3, -0.25) is 36.9 Å². The van der Waals surface area contributed by atoms with Gasteiger partial charge in [0.05, 0.1) is 27.2 Å². The maximum absolute atomic E-state index is 13.4. The van der Waals surface area contributed by atoms with Gasteiger partial charge in [0.2, 0.25) is 23.5 Å². The highest BCUT2D eigenvalue weighted by atomic mass is 32.2. The molecule has 7 rings (SSSR count). The number of aryl methyl sites for hydroxylation is 3. The van der Waals surface area contributed by atoms with Crippen molar-refractivity contribution in [3.63, 3.8) is 0 Å². The number of hydrogen-bond acceptors (Lipinski definition) is 20. The van der Waals surface area contributed by atoms with E-state index in [2.05, 4.69) is 15.3 Å². The normalized spacial score (nSPS) is 15.9. The van der Waals surface area contributed by atoms with Gasteiger partial charge in [-0.25, -0.2) is 0 Å². The maximum atomic E-state index is 13.4. The summed E-state index contributed by atoms with van der Waals surface area (Å²) in [4.78, 5) is 41.0. The predicted molar refractivity (Wildman–Crippen MR) is 332 cm³/mol. The molecule has 492 valence electrons. The van der Waals surface area contributed by atoms with E-state index in [1.807, 2.05) is 9.80 Å². The number of carboxylic acids is 1. The Kier molecular flexibility index (Phi) is 22.4. The first-order valence-corrected chi connectivity index (χ1v) is 37.2. The minimum Gasteiger partial charge on any atom is -0.481 e. The van der Waals surface area contributed by atoms with Crippen LogP contribution < -0.4 is 20.0 Å². The number of carbonyl (C=O) groups excluding carboxylic acids is 1. The summed E-state index contributed by atoms with van der Waals surface area (Å²) < 4.78 is 210. The van der Waals surface area contributed by atoms with Gasteiger partial charge < -0.3 is 25.1 Å². The number of allylic oxidation sites excluding steroid dienone is 4. The minimum absolute atomic E-state index is 0.0159. The lowest BCUT2D eigenvalue weighted by atomic mass is 9.97. The van der Waals surface area contributed by atoms with E-state index in [1.54, 1.807) is 31.7 Å². The van der Waals surface area contributed by atoms with Crippen LogP contribution in [-0.4, -0.2) is 177 Å². The van der Waals surface area contributed by atoms with Gasteiger partial charge in [0.25, 0.3) is 60.7 Å². The summed E-state index contributed by atoms with van der Waals surface area (Å²) in [6, 6.07) is 8.47. The fourth-order valence-corrected chi connectivity index (χ4v) is 14.8. The molecule has 0 unspecified atom stereocenters. The number of hydrogen-bond donors (Lipinski definition) is 8. The van der Waals surface area contributed by atoms with E-state index < -0.39 is 104 Å². The Morgan fingerprint density at radius 2 is 1.12 bits per heavy atom. The molecule has 3 heterocycles. The lowest BCUT2D eigenvalue weighted by Gasteiger charge is -2.34. The van der Waals surface area contributed by atoms with Crippen molar-refractivity contribution in [2.24, 2.45) is 5.92 Å². The van der Waals surface area contributed by atoms with E-state index in [0.29, 0.717) is 112 Å². The molecule has 29 nitrogen and oxygen atoms in total. The Morgan fingerprint density at radius 3 is 1.63 bits per heavy atom. The van der Waals surface area contributed by atoms with E-state index in [-0.39, 0.29) is 94.8 Å². The number of nitrogens with one attached hydrogen (secondary N) is 1. The molecule has 0 atom stereocenters. The minimum atomic E-state index is -5.14. The van der Waals surface area contributed by atoms with Crippen LogP contribution in [0.5, 0.6) is 0 Å². The fourth-order valence-electron chi connectivity index (χ4n) is 11.1. The first-order valence-electron chi connectivity index (χ1n) is 28.2. The third-order valence-corrected chi connectivity index (χ3v) is 20.7. The number of unbranched alkanes of at least 4 members (excludes halogenated alkanes) is 2. The second kappa shape index (κ2) is 28.5. The molecule has 2 fully saturated rings. The number of aliphatic carboxylic acids is 1. The number of piperidine rings is 2. The van der Waals surface area contributed by atoms with Gasteiger partial charge in [0.1, 0.15) is 22.2 Å². The highest BCUT2D eigenvalue weighted by molar-refractivity contribution is 7.87. The molecule has 2 saturated heterocycles. The van der Waals surface area contributed by atoms with Crippen LogP contribution >= 0.6 is 0 Å². The number of rotatable bonds is 27. The summed E-state index contributed by atoms with van der Waals surface area (Å²) in [6.07, 6.45) is 7.54. The van der Waals surface area contributed by atoms with Gasteiger partial charge >= 0.3 is 5.97 Å². The standard InChI is InChI=1S/C55H70N8O21S6/c1-35(11-8-12-41(13-9-29-85(67,68)69)63(24-10-30-86(70,71)72)49-18-16-45-47(37(49)3)32-43(88(76,77)78)34-51(45)90(82,83)84)62(48-17-15-44-46(36(48)2)31-42(87(73,74)75)33-50(44)89(79,80)81)23-7-5-6-14-52(64)58-40-21-27-61(28-22-40)55-57-38(4)56-54(59-55)60-25-19-39(20-26-60)53(65)66/h8,11-12,15-18,31-34,39-40H,5-7,9-10,13-14,19-30H2,1-4H3,(H7-,58,64,65,66,67,68,69,70,71,72,73,74,75,76,77,78,79,80,81,82,83,84)/p+1. The second-order valence-electron chi connectivity index (χ2n) is 22.1. The lowest BCUT2D eigenvalue weighted by Crippen LogP contribution is -2.45. The van der Waals surface area contributed by atoms with Gasteiger partial charge in [-0.2, -0.15) is 70.0 Å². The first kappa shape index (κ1) is 70.8. The lowest BCUT2D eigenvalue weighted by molar-refractivity contribution is -0.441. The number of nitrogens with zero attached hydrogens (tertiary/aromatic N) is 7. The molecular weight excluding hydrogens is 1300 g/mol. The molecular formula is C55H71N8O21S6+. The number of carboxylic acid groups (broad SMARTS) is 1. The molecule has 1 amide bonds. The third kappa shape index (κ3) is 18.8. The quantitative estimate of drug-likeness (QED) is 0.0102. The number of aromatic nitrogens is 3. The van der Waals surface area contributed by atoms with Crippen molar-refractivity contribution in [3.05, 3.63) is 89.4 Å². The number of carbonyl (C=O) groups is 2. The fraction of sp³-hybridized carbons (Fsp3) is 0.455. The van der Waals surface area contributed by atoms with Gasteiger partial charge in [0.15, 0.2) is 5.71 Å². The molecule has 8 N–H and O–H groups in total. The highest BCUT2D eigenvalue weighted by Gasteiger charge is 2.31. The zero-order chi connectivity index (χ0) is 66.5. The van der Waals surface area contributed by atoms with E-state index in [0.717, 1.165) is 12.1 Å². The Hall–Kier alpha value is -6.64. The van der Waals surface area contributed by atoms with Crippen molar-refractivity contribution in [2.45, 2.75) is 124 Å². The molecule has 0 spiro atoms. The van der Waals surface area contributed by atoms with Gasteiger partial charge in [-0.05, 0) is 131 Å². The summed E-state index contributed by atoms with van der Waals surface area (Å²) in [7, 11) is -29.5. The van der Waals surface area contributed by atoms with Gasteiger partial charge in [0, 0.05) is 97.9 Å². The van der Waals surface area contributed by atoms with Crippen LogP contribution in [0.4, 0.5) is 23.3 Å². The first-order chi connectivity index (χ1) is 41.8. The summed E-state index contributed by atoms with van der Waals surface area (Å²) in [5.74, 6) is -1.46. The molecule has 0 radical (unpaired) electrons. The van der Waals surface area contributed by atoms with Crippen LogP contribution in [-0.2, 0) is 70.3 Å². The molecule has 0 saturated carbocycles. The van der Waals surface area contributed by atoms with Gasteiger partial charge in [-0.1, -0.05) is 18.6 Å². The SMILES string of the molecule is C/C(=C\C=C\C(CCCS(=O)(=O)O)=[N+](CCCS(=O)(=O)O)c1ccc2c(S(=O)(=O)O)cc(S(=O)(=O)O)cc2c1C)N(CCCCCC(=O)NC1CCN(c2nc(C)nc(N3CCC(C(=O)O)CC3)n2)CC1)c1ccc2c(S(=O)(=O)O)cc(S(=O)(=O)O)cc2c1C. The molecule has 1 aromatic heterocycles. The third-order valence-electron chi connectivity index (χ3n) is 15.7. The molecule has 35 heteroatoms. The van der Waals surface area contributed by atoms with E-state index in [4.69, 9.17) is 4.98 Å². The Morgan fingerprint density at radius 1 is 0.611 bits per heavy atom. The number of fused-ring (bicyclic) bond motifs is 2. The summed E-state index contributed by atoms with van der Waals surface area (Å²) >= 11 is 0. The molecule has 0 bridgehead atoms. The van der Waals surface area contributed by atoms with Crippen LogP contribution in [0.3, 0.4) is 0 Å². The van der Waals surface area contributed by atoms with Crippen molar-refractivity contribution >= 4 is 123 Å². The van der Waals surface area contributed by atoms with Crippen LogP contribution in [0, 0.1) is 26.7 Å². The van der Waals surface area contributed by atoms with Crippen LogP contribution in [0.15, 0.2) is 92.0 Å². The highest BCUT2D eigenvalue weighted by Crippen LogP contribution is 2.38. The average molecular weight is 1370 g/mol. The van der Waals surface area contributed by atoms with Gasteiger partial charge in [-0.15, -0.1) is 0 Å². The van der Waals surface area contributed by atoms with Crippen LogP contribution in [0.25, 0.3) is 21.5 Å². The van der Waals surface area contributed by atoms with E-state index in [1.165, 1.54) is 47.9 Å². The van der Waals surface area contributed by atoms with E-state index in [9.17, 15) is 92.5 Å². The van der Waals surface area contributed by atoms with Crippen molar-refractivity contribution in [3.8, 4) is 0 Å². The Bertz CT molecular complexity index is 4410. The summed E-state index contributed by atoms with van der Waals surface area (Å²) in [5.41, 5.74) is 1.61. The van der Waals surface area contributed by atoms with Crippen molar-refractivity contribution in [1.82, 2.24) is 20.3 Å². The Balaban J connectivity index is 1.18. The predicted octanol–water partition coefficient (Wildman–Crippen LogP) is 5.73. The molecule has 90 heavy (non-hydrogen) atoms. The maximum Gasteiger partial charge on any atom is 0.306 e. The number of amides is 1. The largest absolute Gasteiger partial charge is 0.481 e. The zero-order valence-corrected chi connectivity index (χ0v) is 54.3. The number of anilines is 3. The van der Waals surface area contributed by atoms with Crippen molar-refractivity contribution < 1.29 is 97.1 Å². The number of benzene rings is 4. The van der Waals surface area contributed by atoms with Crippen LogP contribution in [0.2, 0.25) is 0 Å². The van der Waals surface area contributed by atoms with Crippen molar-refractivity contribution in [2.75, 3.05) is 65.5 Å². The average Bonchev–Trinajstić information content (AvgIpc) is 0.820. The van der Waals surface area contributed by atoms with Crippen molar-refractivity contribution in [1.29, 1.82) is 0 Å². The van der Waals surface area contributed by atoms with E-state index >= 15 is 0 Å². The molecule has 5 aromatic rings. The Labute approximate surface area is 522 Å². The molecule has 0 aliphatic carbocycles. The summed E-state index contributed by atoms with van der Waals surface area (Å²) in [6.45, 7) is 8.45.